The lowest BCUT2D eigenvalue weighted by Gasteiger charge is -2.59. The summed E-state index contributed by atoms with van der Waals surface area (Å²) in [6, 6.07) is 0. The predicted octanol–water partition coefficient (Wildman–Crippen LogP) is 2.08. The highest BCUT2D eigenvalue weighted by Crippen LogP contribution is 2.63. The van der Waals surface area contributed by atoms with E-state index in [0.717, 1.165) is 20.8 Å². The molecule has 0 radical (unpaired) electrons. The van der Waals surface area contributed by atoms with Gasteiger partial charge in [0.05, 0.1) is 24.5 Å². The Hall–Kier alpha value is -4.35. The van der Waals surface area contributed by atoms with Crippen LogP contribution in [0.5, 0.6) is 0 Å². The number of methoxy groups -OCH3 is 1. The SMILES string of the molecule is COCC1=C[C@@H]2OC(=O)[C@H](C)[C@@]2(O)[C@@H](OC(C)=O)[C@H]2[C@@]3(CO3)[C@H](OC(C)=O)[C@H](OC(=O)CC(C)C)[C@H](OC(C)=O)[C@]2(C)[C@@H](OC(=O)COC(=O)CC(C)C)C=C1. The summed E-state index contributed by atoms with van der Waals surface area (Å²) < 4.78 is 52.6. The zero-order chi connectivity index (χ0) is 41.9. The zero-order valence-electron chi connectivity index (χ0n) is 33.5. The summed E-state index contributed by atoms with van der Waals surface area (Å²) in [7, 11) is 1.39. The molecule has 2 saturated heterocycles. The summed E-state index contributed by atoms with van der Waals surface area (Å²) in [6.45, 7) is 12.0. The lowest BCUT2D eigenvalue weighted by molar-refractivity contribution is -0.279. The second-order valence-corrected chi connectivity index (χ2v) is 15.9. The molecule has 0 aromatic carbocycles. The average molecular weight is 795 g/mol. The minimum atomic E-state index is -2.42. The molecule has 0 aromatic rings. The quantitative estimate of drug-likeness (QED) is 0.160. The van der Waals surface area contributed by atoms with Crippen molar-refractivity contribution in [3.63, 3.8) is 0 Å². The molecule has 1 N–H and O–H groups in total. The van der Waals surface area contributed by atoms with Crippen LogP contribution in [0.2, 0.25) is 0 Å². The third-order valence-corrected chi connectivity index (χ3v) is 10.6. The first-order valence-electron chi connectivity index (χ1n) is 18.6. The molecule has 56 heavy (non-hydrogen) atoms. The molecule has 0 unspecified atom stereocenters. The predicted molar refractivity (Wildman–Crippen MR) is 190 cm³/mol. The van der Waals surface area contributed by atoms with Gasteiger partial charge in [-0.3, -0.25) is 28.8 Å². The fraction of sp³-hybridized carbons (Fsp3) is 0.718. The van der Waals surface area contributed by atoms with Crippen LogP contribution in [0, 0.1) is 29.1 Å². The maximum Gasteiger partial charge on any atom is 0.344 e. The Morgan fingerprint density at radius 3 is 1.93 bits per heavy atom. The van der Waals surface area contributed by atoms with Gasteiger partial charge >= 0.3 is 41.8 Å². The van der Waals surface area contributed by atoms with E-state index in [1.807, 2.05) is 0 Å². The van der Waals surface area contributed by atoms with E-state index in [4.69, 9.17) is 42.6 Å². The van der Waals surface area contributed by atoms with Crippen LogP contribution < -0.4 is 0 Å². The Balaban J connectivity index is 2.10. The first kappa shape index (κ1) is 44.4. The number of hydrogen-bond donors (Lipinski definition) is 1. The van der Waals surface area contributed by atoms with Gasteiger partial charge in [0.2, 0.25) is 0 Å². The molecule has 0 amide bonds. The number of epoxide rings is 1. The Labute approximate surface area is 325 Å². The smallest absolute Gasteiger partial charge is 0.344 e. The van der Waals surface area contributed by atoms with E-state index in [1.54, 1.807) is 27.7 Å². The molecule has 17 nitrogen and oxygen atoms in total. The summed E-state index contributed by atoms with van der Waals surface area (Å²) in [5.74, 6) is -9.20. The van der Waals surface area contributed by atoms with Crippen LogP contribution in [0.3, 0.4) is 0 Å². The third-order valence-electron chi connectivity index (χ3n) is 10.6. The number of aliphatic hydroxyl groups is 1. The molecule has 11 atom stereocenters. The fourth-order valence-corrected chi connectivity index (χ4v) is 8.14. The molecule has 17 heteroatoms. The van der Waals surface area contributed by atoms with Crippen LogP contribution >= 0.6 is 0 Å². The standard InChI is InChI=1S/C39H54O17/c1-19(2)13-28(43)49-17-30(45)54-26-12-11-25(16-48-10)15-27-39(47,21(5)36(46)55-27)35(53-24(8)42)32-37(26,9)33(51-22(6)40)31(56-29(44)14-20(3)4)34(52-23(7)41)38(32)18-50-38/h11-12,15,19-21,26-27,31-35,47H,13-14,16-18H2,1-10H3/t21-,26-,27-,31+,32+,33-,34+,35-,37+,38-,39-/m0/s1. The molecule has 2 aliphatic carbocycles. The Bertz CT molecular complexity index is 1610. The van der Waals surface area contributed by atoms with Crippen molar-refractivity contribution in [3.05, 3.63) is 23.8 Å². The van der Waals surface area contributed by atoms with Gasteiger partial charge < -0.3 is 47.7 Å². The van der Waals surface area contributed by atoms with Crippen LogP contribution in [0.4, 0.5) is 0 Å². The van der Waals surface area contributed by atoms with Gasteiger partial charge in [-0.1, -0.05) is 40.7 Å². The molecule has 2 heterocycles. The van der Waals surface area contributed by atoms with Gasteiger partial charge in [0, 0.05) is 46.6 Å². The van der Waals surface area contributed by atoms with Crippen LogP contribution in [0.25, 0.3) is 0 Å². The van der Waals surface area contributed by atoms with E-state index >= 15 is 0 Å². The van der Waals surface area contributed by atoms with Crippen LogP contribution in [-0.2, 0) is 76.2 Å². The molecule has 1 spiro atoms. The number of carbonyl (C=O) groups excluding carboxylic acids is 7. The molecular weight excluding hydrogens is 740 g/mol. The van der Waals surface area contributed by atoms with Gasteiger partial charge in [0.15, 0.2) is 36.6 Å². The van der Waals surface area contributed by atoms with Crippen molar-refractivity contribution >= 4 is 41.8 Å². The number of fused-ring (bicyclic) bond motifs is 3. The number of esters is 7. The molecule has 3 fully saturated rings. The molecule has 0 bridgehead atoms. The van der Waals surface area contributed by atoms with E-state index in [1.165, 1.54) is 39.2 Å². The first-order valence-corrected chi connectivity index (χ1v) is 18.6. The van der Waals surface area contributed by atoms with E-state index in [9.17, 15) is 38.7 Å². The first-order chi connectivity index (χ1) is 26.1. The van der Waals surface area contributed by atoms with Gasteiger partial charge in [-0.15, -0.1) is 0 Å². The average Bonchev–Trinajstić information content (AvgIpc) is 3.83. The summed E-state index contributed by atoms with van der Waals surface area (Å²) in [5.41, 5.74) is -5.90. The summed E-state index contributed by atoms with van der Waals surface area (Å²) >= 11 is 0. The van der Waals surface area contributed by atoms with Gasteiger partial charge in [-0.25, -0.2) is 4.79 Å². The Kier molecular flexibility index (Phi) is 13.8. The van der Waals surface area contributed by atoms with Crippen molar-refractivity contribution in [3.8, 4) is 0 Å². The highest BCUT2D eigenvalue weighted by molar-refractivity contribution is 5.78. The number of carbonyl (C=O) groups is 7. The van der Waals surface area contributed by atoms with Crippen molar-refractivity contribution in [1.29, 1.82) is 0 Å². The minimum Gasteiger partial charge on any atom is -0.459 e. The number of ether oxygens (including phenoxy) is 9. The Morgan fingerprint density at radius 1 is 0.839 bits per heavy atom. The van der Waals surface area contributed by atoms with E-state index in [0.29, 0.717) is 5.57 Å². The van der Waals surface area contributed by atoms with Crippen molar-refractivity contribution < 1.29 is 81.3 Å². The third kappa shape index (κ3) is 9.10. The molecule has 4 aliphatic rings. The molecule has 0 aromatic heterocycles. The summed E-state index contributed by atoms with van der Waals surface area (Å²) in [5, 5.41) is 13.0. The van der Waals surface area contributed by atoms with Crippen molar-refractivity contribution in [2.75, 3.05) is 26.9 Å². The lowest BCUT2D eigenvalue weighted by atomic mass is 9.51. The zero-order valence-corrected chi connectivity index (χ0v) is 33.5. The highest BCUT2D eigenvalue weighted by Gasteiger charge is 2.81. The van der Waals surface area contributed by atoms with Crippen molar-refractivity contribution in [2.45, 2.75) is 123 Å². The van der Waals surface area contributed by atoms with Crippen molar-refractivity contribution in [2.24, 2.45) is 29.1 Å². The molecule has 1 saturated carbocycles. The molecule has 2 aliphatic heterocycles. The van der Waals surface area contributed by atoms with Crippen molar-refractivity contribution in [1.82, 2.24) is 0 Å². The second-order valence-electron chi connectivity index (χ2n) is 15.9. The van der Waals surface area contributed by atoms with Gasteiger partial charge in [0.1, 0.15) is 17.8 Å². The highest BCUT2D eigenvalue weighted by atomic mass is 16.7. The summed E-state index contributed by atoms with van der Waals surface area (Å²) in [6.07, 6.45) is -5.64. The topological polar surface area (TPSA) is 226 Å². The molecule has 4 rings (SSSR count). The number of rotatable bonds is 13. The normalized spacial score (nSPS) is 34.7. The summed E-state index contributed by atoms with van der Waals surface area (Å²) in [4.78, 5) is 92.2. The van der Waals surface area contributed by atoms with E-state index < -0.39 is 113 Å². The Morgan fingerprint density at radius 2 is 1.39 bits per heavy atom. The van der Waals surface area contributed by atoms with Crippen LogP contribution in [0.15, 0.2) is 23.8 Å². The molecule has 312 valence electrons. The van der Waals surface area contributed by atoms with Gasteiger partial charge in [0.25, 0.3) is 0 Å². The lowest BCUT2D eigenvalue weighted by Crippen LogP contribution is -2.76. The fourth-order valence-electron chi connectivity index (χ4n) is 8.14. The maximum atomic E-state index is 13.7. The van der Waals surface area contributed by atoms with Gasteiger partial charge in [-0.2, -0.15) is 0 Å². The van der Waals surface area contributed by atoms with Crippen LogP contribution in [0.1, 0.15) is 75.2 Å². The minimum absolute atomic E-state index is 0.0136. The largest absolute Gasteiger partial charge is 0.459 e. The molecular formula is C39H54O17. The van der Waals surface area contributed by atoms with Gasteiger partial charge in [-0.05, 0) is 36.5 Å². The maximum absolute atomic E-state index is 13.7. The number of hydrogen-bond acceptors (Lipinski definition) is 17. The van der Waals surface area contributed by atoms with E-state index in [2.05, 4.69) is 0 Å². The monoisotopic (exact) mass is 794 g/mol. The van der Waals surface area contributed by atoms with E-state index in [-0.39, 0.29) is 37.9 Å². The second kappa shape index (κ2) is 17.4. The van der Waals surface area contributed by atoms with Crippen LogP contribution in [-0.4, -0.2) is 122 Å².